The summed E-state index contributed by atoms with van der Waals surface area (Å²) < 4.78 is 0. The second-order valence-electron chi connectivity index (χ2n) is 8.29. The van der Waals surface area contributed by atoms with E-state index in [0.29, 0.717) is 19.5 Å². The Morgan fingerprint density at radius 2 is 1.85 bits per heavy atom. The van der Waals surface area contributed by atoms with Gasteiger partial charge in [0.25, 0.3) is 0 Å². The predicted molar refractivity (Wildman–Crippen MR) is 141 cm³/mol. The lowest BCUT2D eigenvalue weighted by molar-refractivity contribution is -0.129. The Kier molecular flexibility index (Phi) is 16.8. The molecule has 1 aromatic heterocycles. The number of thiazole rings is 1. The molecule has 1 aliphatic heterocycles. The zero-order valence-corrected chi connectivity index (χ0v) is 22.5. The number of aliphatic hydroxyl groups is 1. The van der Waals surface area contributed by atoms with Crippen molar-refractivity contribution in [2.75, 3.05) is 19.6 Å². The van der Waals surface area contributed by atoms with Gasteiger partial charge in [0.05, 0.1) is 34.8 Å². The normalized spacial score (nSPS) is 15.1. The van der Waals surface area contributed by atoms with Gasteiger partial charge in [-0.1, -0.05) is 58.9 Å². The minimum absolute atomic E-state index is 0.0455. The largest absolute Gasteiger partial charge is 0.391 e. The Bertz CT molecular complexity index is 808. The number of hydrogen-bond acceptors (Lipinski definition) is 7. The Hall–Kier alpha value is -2.33. The van der Waals surface area contributed by atoms with E-state index in [0.717, 1.165) is 23.6 Å². The smallest absolute Gasteiger partial charge is 0.238 e. The van der Waals surface area contributed by atoms with Gasteiger partial charge in [0.1, 0.15) is 0 Å². The van der Waals surface area contributed by atoms with Crippen molar-refractivity contribution in [3.05, 3.63) is 41.0 Å². The topological polar surface area (TPSA) is 121 Å². The number of nitrogens with zero attached hydrogens (tertiary/aromatic N) is 2. The number of likely N-dealkylation sites (tertiary alicyclic amines) is 1. The molecule has 8 nitrogen and oxygen atoms in total. The Morgan fingerprint density at radius 3 is 2.26 bits per heavy atom. The van der Waals surface area contributed by atoms with Crippen molar-refractivity contribution < 1.29 is 14.7 Å². The SMILES string of the molecule is CC.CC(C)C.Cc1ncsc1-c1ccc(C(C)NC=O)cc1.NNCC(=O)N1CCC(O)C1. The van der Waals surface area contributed by atoms with E-state index in [1.54, 1.807) is 16.2 Å². The molecular weight excluding hydrogens is 450 g/mol. The van der Waals surface area contributed by atoms with Gasteiger partial charge < -0.3 is 15.3 Å². The van der Waals surface area contributed by atoms with Crippen LogP contribution in [0.3, 0.4) is 0 Å². The summed E-state index contributed by atoms with van der Waals surface area (Å²) >= 11 is 1.64. The molecule has 2 atom stereocenters. The van der Waals surface area contributed by atoms with Gasteiger partial charge in [-0.25, -0.2) is 4.98 Å². The van der Waals surface area contributed by atoms with Crippen LogP contribution in [0.1, 0.15) is 65.3 Å². The summed E-state index contributed by atoms with van der Waals surface area (Å²) in [7, 11) is 0. The highest BCUT2D eigenvalue weighted by Crippen LogP contribution is 2.28. The van der Waals surface area contributed by atoms with E-state index >= 15 is 0 Å². The molecule has 9 heteroatoms. The number of rotatable bonds is 6. The minimum atomic E-state index is -0.350. The zero-order chi connectivity index (χ0) is 26.1. The first-order chi connectivity index (χ1) is 16.2. The van der Waals surface area contributed by atoms with Gasteiger partial charge in [0.15, 0.2) is 0 Å². The van der Waals surface area contributed by atoms with Crippen LogP contribution >= 0.6 is 11.3 Å². The lowest BCUT2D eigenvalue weighted by Gasteiger charge is -2.14. The molecule has 34 heavy (non-hydrogen) atoms. The maximum atomic E-state index is 11.1. The third-order valence-corrected chi connectivity index (χ3v) is 5.48. The number of hydrogen-bond donors (Lipinski definition) is 4. The number of amides is 2. The molecule has 0 spiro atoms. The molecule has 1 aliphatic rings. The quantitative estimate of drug-likeness (QED) is 0.277. The fourth-order valence-electron chi connectivity index (χ4n) is 2.87. The number of carbonyl (C=O) groups excluding carboxylic acids is 2. The van der Waals surface area contributed by atoms with Crippen LogP contribution in [0, 0.1) is 12.8 Å². The number of aromatic nitrogens is 1. The number of β-amino-alcohol motifs (C(OH)–C–C–N with tert-alkyl or cyclic N) is 1. The fourth-order valence-corrected chi connectivity index (χ4v) is 3.68. The van der Waals surface area contributed by atoms with Crippen molar-refractivity contribution in [3.63, 3.8) is 0 Å². The summed E-state index contributed by atoms with van der Waals surface area (Å²) in [5.74, 6) is 5.75. The van der Waals surface area contributed by atoms with Crippen LogP contribution in [-0.4, -0.2) is 53.0 Å². The molecule has 2 heterocycles. The van der Waals surface area contributed by atoms with Crippen LogP contribution in [0.2, 0.25) is 0 Å². The first kappa shape index (κ1) is 31.7. The number of nitrogens with one attached hydrogen (secondary N) is 2. The van der Waals surface area contributed by atoms with E-state index in [-0.39, 0.29) is 24.6 Å². The molecule has 0 radical (unpaired) electrons. The van der Waals surface area contributed by atoms with E-state index in [9.17, 15) is 9.59 Å². The van der Waals surface area contributed by atoms with Crippen molar-refractivity contribution in [1.82, 2.24) is 20.6 Å². The summed E-state index contributed by atoms with van der Waals surface area (Å²) in [6.07, 6.45) is 1.05. The maximum absolute atomic E-state index is 11.1. The third-order valence-electron chi connectivity index (χ3n) is 4.51. The van der Waals surface area contributed by atoms with Crippen molar-refractivity contribution in [2.24, 2.45) is 11.8 Å². The van der Waals surface area contributed by atoms with Crippen molar-refractivity contribution in [1.29, 1.82) is 0 Å². The van der Waals surface area contributed by atoms with Gasteiger partial charge >= 0.3 is 0 Å². The molecule has 2 aromatic rings. The zero-order valence-electron chi connectivity index (χ0n) is 21.7. The lowest BCUT2D eigenvalue weighted by atomic mass is 10.1. The molecule has 5 N–H and O–H groups in total. The molecule has 0 bridgehead atoms. The van der Waals surface area contributed by atoms with Crippen LogP contribution in [0.15, 0.2) is 29.8 Å². The lowest BCUT2D eigenvalue weighted by Crippen LogP contribution is -2.39. The number of aliphatic hydroxyl groups excluding tert-OH is 1. The Balaban J connectivity index is 0.000000551. The van der Waals surface area contributed by atoms with E-state index in [4.69, 9.17) is 10.9 Å². The molecular formula is C25H43N5O3S. The summed E-state index contributed by atoms with van der Waals surface area (Å²) in [5, 5.41) is 11.8. The summed E-state index contributed by atoms with van der Waals surface area (Å²) in [6, 6.07) is 8.26. The standard InChI is InChI=1S/C13H14N2OS.C6H13N3O2.C4H10.C2H6/c1-9(14-7-16)11-3-5-12(6-4-11)13-10(2)15-8-17-13;7-8-3-6(11)9-2-1-5(10)4-9;1-4(2)3;1-2/h3-9H,1-2H3,(H,14,16);5,8,10H,1-4,7H2;4H,1-3H3;1-2H3. The average Bonchev–Trinajstić information content (AvgIpc) is 3.44. The van der Waals surface area contributed by atoms with E-state index < -0.39 is 0 Å². The summed E-state index contributed by atoms with van der Waals surface area (Å²) in [5.41, 5.74) is 7.47. The molecule has 3 rings (SSSR count). The molecule has 1 aromatic carbocycles. The van der Waals surface area contributed by atoms with Gasteiger partial charge in [0, 0.05) is 13.1 Å². The van der Waals surface area contributed by atoms with Gasteiger partial charge in [0.2, 0.25) is 12.3 Å². The number of benzene rings is 1. The third kappa shape index (κ3) is 12.2. The predicted octanol–water partition coefficient (Wildman–Crippen LogP) is 3.66. The van der Waals surface area contributed by atoms with Crippen LogP contribution in [-0.2, 0) is 9.59 Å². The van der Waals surface area contributed by atoms with Gasteiger partial charge in [-0.3, -0.25) is 20.9 Å². The first-order valence-electron chi connectivity index (χ1n) is 11.8. The van der Waals surface area contributed by atoms with Gasteiger partial charge in [-0.2, -0.15) is 0 Å². The van der Waals surface area contributed by atoms with Crippen molar-refractivity contribution in [2.45, 2.75) is 67.0 Å². The maximum Gasteiger partial charge on any atom is 0.238 e. The van der Waals surface area contributed by atoms with Crippen molar-refractivity contribution >= 4 is 23.7 Å². The molecule has 0 saturated carbocycles. The molecule has 1 saturated heterocycles. The summed E-state index contributed by atoms with van der Waals surface area (Å²) in [6.45, 7) is 15.7. The first-order valence-corrected chi connectivity index (χ1v) is 12.7. The molecule has 1 fully saturated rings. The monoisotopic (exact) mass is 493 g/mol. The van der Waals surface area contributed by atoms with Crippen molar-refractivity contribution in [3.8, 4) is 10.4 Å². The molecule has 192 valence electrons. The minimum Gasteiger partial charge on any atom is -0.391 e. The molecule has 2 amide bonds. The highest BCUT2D eigenvalue weighted by molar-refractivity contribution is 7.13. The number of carbonyl (C=O) groups is 2. The Morgan fingerprint density at radius 1 is 1.26 bits per heavy atom. The molecule has 2 unspecified atom stereocenters. The number of aryl methyl sites for hydroxylation is 1. The second-order valence-corrected chi connectivity index (χ2v) is 9.15. The van der Waals surface area contributed by atoms with E-state index in [1.807, 2.05) is 45.3 Å². The summed E-state index contributed by atoms with van der Waals surface area (Å²) in [4.78, 5) is 28.5. The van der Waals surface area contributed by atoms with Gasteiger partial charge in [-0.15, -0.1) is 11.3 Å². The number of hydrazine groups is 1. The van der Waals surface area contributed by atoms with Crippen LogP contribution in [0.25, 0.3) is 10.4 Å². The van der Waals surface area contributed by atoms with Crippen LogP contribution < -0.4 is 16.6 Å². The fraction of sp³-hybridized carbons (Fsp3) is 0.560. The second kappa shape index (κ2) is 18.1. The van der Waals surface area contributed by atoms with E-state index in [1.165, 1.54) is 10.4 Å². The van der Waals surface area contributed by atoms with Crippen LogP contribution in [0.5, 0.6) is 0 Å². The average molecular weight is 494 g/mol. The Labute approximate surface area is 208 Å². The van der Waals surface area contributed by atoms with E-state index in [2.05, 4.69) is 48.6 Å². The highest BCUT2D eigenvalue weighted by atomic mass is 32.1. The van der Waals surface area contributed by atoms with Crippen LogP contribution in [0.4, 0.5) is 0 Å². The highest BCUT2D eigenvalue weighted by Gasteiger charge is 2.23. The number of nitrogens with two attached hydrogens (primary N) is 1. The van der Waals surface area contributed by atoms with Gasteiger partial charge in [-0.05, 0) is 37.3 Å². The molecule has 0 aliphatic carbocycles.